The zero-order valence-electron chi connectivity index (χ0n) is 14.5. The van der Waals surface area contributed by atoms with E-state index in [1.807, 2.05) is 0 Å². The molecule has 8 nitrogen and oxygen atoms in total. The highest BCUT2D eigenvalue weighted by molar-refractivity contribution is 5.84. The van der Waals surface area contributed by atoms with Crippen LogP contribution in [-0.4, -0.2) is 72.2 Å². The number of nitrogens with zero attached hydrogens (tertiary/aromatic N) is 4. The smallest absolute Gasteiger partial charge is 0.309 e. The molecule has 136 valence electrons. The van der Waals surface area contributed by atoms with Crippen LogP contribution in [0.15, 0.2) is 18.5 Å². The Morgan fingerprint density at radius 3 is 2.44 bits per heavy atom. The van der Waals surface area contributed by atoms with E-state index in [2.05, 4.69) is 14.9 Å². The number of aromatic nitrogens is 2. The van der Waals surface area contributed by atoms with Crippen LogP contribution in [0.5, 0.6) is 0 Å². The Balaban J connectivity index is 1.46. The van der Waals surface area contributed by atoms with Gasteiger partial charge in [-0.1, -0.05) is 0 Å². The number of esters is 1. The summed E-state index contributed by atoms with van der Waals surface area (Å²) in [6.45, 7) is 5.22. The number of rotatable bonds is 4. The molecule has 0 N–H and O–H groups in total. The van der Waals surface area contributed by atoms with E-state index in [4.69, 9.17) is 9.47 Å². The number of hydrogen-bond acceptors (Lipinski definition) is 7. The lowest BCUT2D eigenvalue weighted by atomic mass is 9.97. The summed E-state index contributed by atoms with van der Waals surface area (Å²) < 4.78 is 10.7. The number of amides is 1. The highest BCUT2D eigenvalue weighted by Crippen LogP contribution is 2.22. The molecule has 0 aliphatic carbocycles. The van der Waals surface area contributed by atoms with Crippen molar-refractivity contribution in [2.75, 3.05) is 44.3 Å². The van der Waals surface area contributed by atoms with Crippen molar-refractivity contribution in [3.63, 3.8) is 0 Å². The maximum Gasteiger partial charge on any atom is 0.309 e. The molecule has 2 saturated heterocycles. The maximum absolute atomic E-state index is 12.4. The molecule has 25 heavy (non-hydrogen) atoms. The van der Waals surface area contributed by atoms with Crippen molar-refractivity contribution < 1.29 is 19.1 Å². The van der Waals surface area contributed by atoms with E-state index in [9.17, 15) is 9.59 Å². The fourth-order valence-corrected chi connectivity index (χ4v) is 3.13. The van der Waals surface area contributed by atoms with Gasteiger partial charge in [-0.15, -0.1) is 0 Å². The van der Waals surface area contributed by atoms with Crippen LogP contribution in [0, 0.1) is 5.92 Å². The summed E-state index contributed by atoms with van der Waals surface area (Å²) in [4.78, 5) is 36.9. The highest BCUT2D eigenvalue weighted by atomic mass is 16.5. The fraction of sp³-hybridized carbons (Fsp3) is 0.647. The summed E-state index contributed by atoms with van der Waals surface area (Å²) in [6.07, 6.45) is 4.02. The van der Waals surface area contributed by atoms with Crippen molar-refractivity contribution in [2.45, 2.75) is 25.9 Å². The first-order valence-corrected chi connectivity index (χ1v) is 8.74. The molecule has 1 unspecified atom stereocenters. The SMILES string of the molecule is CC(OC(=O)C1CCN(c2ncccn2)CC1)C(=O)N1CCOCC1. The third kappa shape index (κ3) is 4.45. The topological polar surface area (TPSA) is 84.9 Å². The van der Waals surface area contributed by atoms with Crippen molar-refractivity contribution in [3.8, 4) is 0 Å². The summed E-state index contributed by atoms with van der Waals surface area (Å²) in [6, 6.07) is 1.78. The van der Waals surface area contributed by atoms with E-state index in [1.54, 1.807) is 30.3 Å². The molecule has 3 heterocycles. The number of anilines is 1. The van der Waals surface area contributed by atoms with E-state index in [-0.39, 0.29) is 17.8 Å². The zero-order valence-corrected chi connectivity index (χ0v) is 14.5. The first-order valence-electron chi connectivity index (χ1n) is 8.74. The van der Waals surface area contributed by atoms with E-state index in [1.165, 1.54) is 0 Å². The van der Waals surface area contributed by atoms with Gasteiger partial charge in [-0.2, -0.15) is 0 Å². The maximum atomic E-state index is 12.4. The molecule has 3 rings (SSSR count). The summed E-state index contributed by atoms with van der Waals surface area (Å²) in [5.41, 5.74) is 0. The second kappa shape index (κ2) is 8.24. The Morgan fingerprint density at radius 1 is 1.16 bits per heavy atom. The predicted molar refractivity (Wildman–Crippen MR) is 89.9 cm³/mol. The van der Waals surface area contributed by atoms with Crippen molar-refractivity contribution in [1.82, 2.24) is 14.9 Å². The molecule has 2 aliphatic heterocycles. The molecule has 2 fully saturated rings. The Bertz CT molecular complexity index is 584. The number of carbonyl (C=O) groups is 2. The van der Waals surface area contributed by atoms with Crippen LogP contribution in [0.3, 0.4) is 0 Å². The van der Waals surface area contributed by atoms with Gasteiger partial charge in [0.05, 0.1) is 19.1 Å². The minimum Gasteiger partial charge on any atom is -0.452 e. The van der Waals surface area contributed by atoms with Crippen molar-refractivity contribution in [2.24, 2.45) is 5.92 Å². The number of hydrogen-bond donors (Lipinski definition) is 0. The van der Waals surface area contributed by atoms with Crippen molar-refractivity contribution in [1.29, 1.82) is 0 Å². The van der Waals surface area contributed by atoms with Gasteiger partial charge in [0.1, 0.15) is 0 Å². The molecular formula is C17H24N4O4. The minimum atomic E-state index is -0.749. The first kappa shape index (κ1) is 17.6. The van der Waals surface area contributed by atoms with Gasteiger partial charge in [0.2, 0.25) is 5.95 Å². The molecule has 1 aromatic heterocycles. The Morgan fingerprint density at radius 2 is 1.80 bits per heavy atom. The summed E-state index contributed by atoms with van der Waals surface area (Å²) in [7, 11) is 0. The van der Waals surface area contributed by atoms with Crippen LogP contribution in [0.2, 0.25) is 0 Å². The third-order valence-electron chi connectivity index (χ3n) is 4.63. The summed E-state index contributed by atoms with van der Waals surface area (Å²) in [5, 5.41) is 0. The molecule has 8 heteroatoms. The molecule has 0 spiro atoms. The van der Waals surface area contributed by atoms with Crippen LogP contribution in [-0.2, 0) is 19.1 Å². The molecule has 0 aromatic carbocycles. The van der Waals surface area contributed by atoms with Gasteiger partial charge >= 0.3 is 5.97 Å². The number of piperidine rings is 1. The quantitative estimate of drug-likeness (QED) is 0.732. The molecule has 0 saturated carbocycles. The third-order valence-corrected chi connectivity index (χ3v) is 4.63. The van der Waals surface area contributed by atoms with Crippen LogP contribution in [0.1, 0.15) is 19.8 Å². The second-order valence-electron chi connectivity index (χ2n) is 6.33. The lowest BCUT2D eigenvalue weighted by molar-refractivity contribution is -0.164. The molecule has 1 aromatic rings. The van der Waals surface area contributed by atoms with Gasteiger partial charge in [-0.3, -0.25) is 9.59 Å². The van der Waals surface area contributed by atoms with Gasteiger partial charge in [-0.25, -0.2) is 9.97 Å². The predicted octanol–water partition coefficient (Wildman–Crippen LogP) is 0.484. The Labute approximate surface area is 147 Å². The molecule has 1 amide bonds. The monoisotopic (exact) mass is 348 g/mol. The fourth-order valence-electron chi connectivity index (χ4n) is 3.13. The van der Waals surface area contributed by atoms with E-state index < -0.39 is 6.10 Å². The van der Waals surface area contributed by atoms with Crippen molar-refractivity contribution in [3.05, 3.63) is 18.5 Å². The van der Waals surface area contributed by atoms with Gasteiger partial charge in [0.15, 0.2) is 6.10 Å². The van der Waals surface area contributed by atoms with E-state index in [0.29, 0.717) is 58.2 Å². The van der Waals surface area contributed by atoms with Gasteiger partial charge in [-0.05, 0) is 25.8 Å². The van der Waals surface area contributed by atoms with Crippen LogP contribution in [0.4, 0.5) is 5.95 Å². The molecule has 0 bridgehead atoms. The van der Waals surface area contributed by atoms with Crippen LogP contribution >= 0.6 is 0 Å². The lowest BCUT2D eigenvalue weighted by Gasteiger charge is -2.32. The molecule has 0 radical (unpaired) electrons. The second-order valence-corrected chi connectivity index (χ2v) is 6.33. The average molecular weight is 348 g/mol. The Hall–Kier alpha value is -2.22. The first-order chi connectivity index (χ1) is 12.1. The van der Waals surface area contributed by atoms with Gasteiger partial charge in [0.25, 0.3) is 5.91 Å². The van der Waals surface area contributed by atoms with Crippen molar-refractivity contribution >= 4 is 17.8 Å². The average Bonchev–Trinajstić information content (AvgIpc) is 2.68. The number of carbonyl (C=O) groups excluding carboxylic acids is 2. The van der Waals surface area contributed by atoms with Crippen LogP contribution < -0.4 is 4.90 Å². The lowest BCUT2D eigenvalue weighted by Crippen LogP contribution is -2.46. The molecule has 1 atom stereocenters. The van der Waals surface area contributed by atoms with Crippen LogP contribution in [0.25, 0.3) is 0 Å². The van der Waals surface area contributed by atoms with E-state index >= 15 is 0 Å². The van der Waals surface area contributed by atoms with Gasteiger partial charge < -0.3 is 19.3 Å². The standard InChI is InChI=1S/C17H24N4O4/c1-13(15(22)20-9-11-24-12-10-20)25-16(23)14-3-7-21(8-4-14)17-18-5-2-6-19-17/h2,5-6,13-14H,3-4,7-12H2,1H3. The summed E-state index contributed by atoms with van der Waals surface area (Å²) in [5.74, 6) is 0.0691. The summed E-state index contributed by atoms with van der Waals surface area (Å²) >= 11 is 0. The van der Waals surface area contributed by atoms with Gasteiger partial charge in [0, 0.05) is 38.6 Å². The van der Waals surface area contributed by atoms with E-state index in [0.717, 1.165) is 0 Å². The number of ether oxygens (including phenoxy) is 2. The highest BCUT2D eigenvalue weighted by Gasteiger charge is 2.31. The zero-order chi connectivity index (χ0) is 17.6. The minimum absolute atomic E-state index is 0.147. The normalized spacial score (nSPS) is 20.2. The molecule has 2 aliphatic rings. The Kier molecular flexibility index (Phi) is 5.80. The number of morpholine rings is 1. The molecular weight excluding hydrogens is 324 g/mol. The largest absolute Gasteiger partial charge is 0.452 e.